The predicted octanol–water partition coefficient (Wildman–Crippen LogP) is 2.48. The Bertz CT molecular complexity index is 228. The van der Waals surface area contributed by atoms with Crippen LogP contribution < -0.4 is 4.72 Å². The lowest BCUT2D eigenvalue weighted by atomic mass is 10.1. The highest BCUT2D eigenvalue weighted by Crippen LogP contribution is 2.14. The van der Waals surface area contributed by atoms with E-state index in [4.69, 9.17) is 0 Å². The van der Waals surface area contributed by atoms with E-state index in [1.54, 1.807) is 18.1 Å². The fourth-order valence-electron chi connectivity index (χ4n) is 0.613. The lowest BCUT2D eigenvalue weighted by Crippen LogP contribution is -2.29. The molecule has 1 heterocycles. The van der Waals surface area contributed by atoms with Crippen molar-refractivity contribution < 1.29 is 0 Å². The van der Waals surface area contributed by atoms with Gasteiger partial charge in [0.25, 0.3) is 0 Å². The molecule has 66 valence electrons. The Hall–Kier alpha value is -0.540. The highest BCUT2D eigenvalue weighted by atomic mass is 32.2. The SMILES string of the molecule is CC(C)(C)NSc1ccccn1. The van der Waals surface area contributed by atoms with Crippen LogP contribution in [0.2, 0.25) is 0 Å². The summed E-state index contributed by atoms with van der Waals surface area (Å²) in [5.41, 5.74) is 0.127. The second-order valence-corrected chi connectivity index (χ2v) is 4.45. The Kier molecular flexibility index (Phi) is 3.12. The zero-order valence-electron chi connectivity index (χ0n) is 7.66. The fourth-order valence-corrected chi connectivity index (χ4v) is 1.28. The fraction of sp³-hybridized carbons (Fsp3) is 0.444. The van der Waals surface area contributed by atoms with Crippen LogP contribution in [0.15, 0.2) is 29.4 Å². The van der Waals surface area contributed by atoms with Crippen molar-refractivity contribution >= 4 is 11.9 Å². The van der Waals surface area contributed by atoms with Gasteiger partial charge in [-0.25, -0.2) is 4.98 Å². The molecule has 1 aromatic heterocycles. The third kappa shape index (κ3) is 3.74. The van der Waals surface area contributed by atoms with Crippen molar-refractivity contribution in [2.45, 2.75) is 31.3 Å². The third-order valence-corrected chi connectivity index (χ3v) is 2.26. The van der Waals surface area contributed by atoms with E-state index in [2.05, 4.69) is 30.5 Å². The Morgan fingerprint density at radius 1 is 1.33 bits per heavy atom. The van der Waals surface area contributed by atoms with Gasteiger partial charge in [0.15, 0.2) is 0 Å². The summed E-state index contributed by atoms with van der Waals surface area (Å²) in [5.74, 6) is 0. The second kappa shape index (κ2) is 3.92. The van der Waals surface area contributed by atoms with E-state index < -0.39 is 0 Å². The van der Waals surface area contributed by atoms with Gasteiger partial charge in [-0.1, -0.05) is 6.07 Å². The van der Waals surface area contributed by atoms with Gasteiger partial charge in [-0.3, -0.25) is 4.72 Å². The Balaban J connectivity index is 2.44. The predicted molar refractivity (Wildman–Crippen MR) is 53.0 cm³/mol. The van der Waals surface area contributed by atoms with Crippen LogP contribution in [0.4, 0.5) is 0 Å². The zero-order chi connectivity index (χ0) is 9.03. The number of hydrogen-bond donors (Lipinski definition) is 1. The molecule has 0 amide bonds. The normalized spacial score (nSPS) is 11.6. The number of rotatable bonds is 2. The molecular formula is C9H14N2S. The van der Waals surface area contributed by atoms with E-state index in [0.29, 0.717) is 0 Å². The minimum Gasteiger partial charge on any atom is -0.253 e. The maximum atomic E-state index is 4.18. The van der Waals surface area contributed by atoms with Gasteiger partial charge in [0, 0.05) is 11.7 Å². The van der Waals surface area contributed by atoms with Gasteiger partial charge in [-0.15, -0.1) is 0 Å². The first-order chi connectivity index (χ1) is 5.58. The maximum absolute atomic E-state index is 4.18. The summed E-state index contributed by atoms with van der Waals surface area (Å²) >= 11 is 1.57. The van der Waals surface area contributed by atoms with E-state index in [9.17, 15) is 0 Å². The summed E-state index contributed by atoms with van der Waals surface area (Å²) in [6, 6.07) is 5.89. The average Bonchev–Trinajstić information content (AvgIpc) is 2.02. The first kappa shape index (κ1) is 9.55. The van der Waals surface area contributed by atoms with Gasteiger partial charge < -0.3 is 0 Å². The summed E-state index contributed by atoms with van der Waals surface area (Å²) in [4.78, 5) is 4.18. The number of nitrogens with zero attached hydrogens (tertiary/aromatic N) is 1. The molecule has 0 atom stereocenters. The zero-order valence-corrected chi connectivity index (χ0v) is 8.48. The van der Waals surface area contributed by atoms with Crippen LogP contribution >= 0.6 is 11.9 Å². The molecule has 0 radical (unpaired) electrons. The van der Waals surface area contributed by atoms with Crippen LogP contribution in [0.25, 0.3) is 0 Å². The summed E-state index contributed by atoms with van der Waals surface area (Å²) in [6.07, 6.45) is 1.80. The molecule has 0 saturated heterocycles. The molecule has 0 aromatic carbocycles. The quantitative estimate of drug-likeness (QED) is 0.711. The maximum Gasteiger partial charge on any atom is 0.111 e. The average molecular weight is 182 g/mol. The third-order valence-electron chi connectivity index (χ3n) is 1.10. The van der Waals surface area contributed by atoms with Crippen LogP contribution in [-0.4, -0.2) is 10.5 Å². The molecule has 3 heteroatoms. The topological polar surface area (TPSA) is 24.9 Å². The highest BCUT2D eigenvalue weighted by Gasteiger charge is 2.08. The van der Waals surface area contributed by atoms with Gasteiger partial charge in [-0.2, -0.15) is 0 Å². The van der Waals surface area contributed by atoms with Crippen LogP contribution in [0.1, 0.15) is 20.8 Å². The van der Waals surface area contributed by atoms with Crippen molar-refractivity contribution in [3.8, 4) is 0 Å². The molecule has 2 nitrogen and oxygen atoms in total. The molecule has 0 saturated carbocycles. The number of pyridine rings is 1. The van der Waals surface area contributed by atoms with Crippen molar-refractivity contribution in [1.82, 2.24) is 9.71 Å². The Morgan fingerprint density at radius 3 is 2.58 bits per heavy atom. The Labute approximate surface area is 77.9 Å². The second-order valence-electron chi connectivity index (χ2n) is 3.62. The smallest absolute Gasteiger partial charge is 0.111 e. The number of hydrogen-bond acceptors (Lipinski definition) is 3. The van der Waals surface area contributed by atoms with Gasteiger partial charge in [0.05, 0.1) is 0 Å². The lowest BCUT2D eigenvalue weighted by molar-refractivity contribution is 0.535. The molecule has 1 aromatic rings. The van der Waals surface area contributed by atoms with Gasteiger partial charge in [0.1, 0.15) is 5.03 Å². The van der Waals surface area contributed by atoms with Gasteiger partial charge in [-0.05, 0) is 44.9 Å². The largest absolute Gasteiger partial charge is 0.253 e. The van der Waals surface area contributed by atoms with Crippen molar-refractivity contribution in [2.24, 2.45) is 0 Å². The van der Waals surface area contributed by atoms with E-state index in [1.807, 2.05) is 18.2 Å². The first-order valence-electron chi connectivity index (χ1n) is 3.93. The molecular weight excluding hydrogens is 168 g/mol. The highest BCUT2D eigenvalue weighted by molar-refractivity contribution is 7.97. The molecule has 0 aliphatic heterocycles. The van der Waals surface area contributed by atoms with Crippen LogP contribution in [-0.2, 0) is 0 Å². The minimum atomic E-state index is 0.127. The van der Waals surface area contributed by atoms with Gasteiger partial charge >= 0.3 is 0 Å². The first-order valence-corrected chi connectivity index (χ1v) is 4.75. The monoisotopic (exact) mass is 182 g/mol. The van der Waals surface area contributed by atoms with Crippen LogP contribution in [0.5, 0.6) is 0 Å². The Morgan fingerprint density at radius 2 is 2.08 bits per heavy atom. The molecule has 12 heavy (non-hydrogen) atoms. The number of nitrogens with one attached hydrogen (secondary N) is 1. The molecule has 0 unspecified atom stereocenters. The summed E-state index contributed by atoms with van der Waals surface area (Å²) in [5, 5.41) is 1.01. The minimum absolute atomic E-state index is 0.127. The molecule has 0 fully saturated rings. The van der Waals surface area contributed by atoms with Gasteiger partial charge in [0.2, 0.25) is 0 Å². The molecule has 1 rings (SSSR count). The lowest BCUT2D eigenvalue weighted by Gasteiger charge is -2.18. The number of aromatic nitrogens is 1. The van der Waals surface area contributed by atoms with Crippen molar-refractivity contribution in [3.05, 3.63) is 24.4 Å². The summed E-state index contributed by atoms with van der Waals surface area (Å²) < 4.78 is 3.29. The standard InChI is InChI=1S/C9H14N2S/c1-9(2,3)11-12-8-6-4-5-7-10-8/h4-7,11H,1-3H3. The van der Waals surface area contributed by atoms with Crippen LogP contribution in [0, 0.1) is 0 Å². The van der Waals surface area contributed by atoms with Crippen molar-refractivity contribution in [3.63, 3.8) is 0 Å². The van der Waals surface area contributed by atoms with E-state index in [1.165, 1.54) is 0 Å². The summed E-state index contributed by atoms with van der Waals surface area (Å²) in [7, 11) is 0. The molecule has 0 aliphatic rings. The molecule has 1 N–H and O–H groups in total. The van der Waals surface area contributed by atoms with E-state index in [0.717, 1.165) is 5.03 Å². The van der Waals surface area contributed by atoms with E-state index in [-0.39, 0.29) is 5.54 Å². The molecule has 0 spiro atoms. The van der Waals surface area contributed by atoms with E-state index >= 15 is 0 Å². The van der Waals surface area contributed by atoms with Crippen molar-refractivity contribution in [1.29, 1.82) is 0 Å². The van der Waals surface area contributed by atoms with Crippen LogP contribution in [0.3, 0.4) is 0 Å². The summed E-state index contributed by atoms with van der Waals surface area (Å²) in [6.45, 7) is 6.38. The molecule has 0 bridgehead atoms. The van der Waals surface area contributed by atoms with Crippen molar-refractivity contribution in [2.75, 3.05) is 0 Å². The molecule has 0 aliphatic carbocycles.